The molecular weight excluding hydrogens is 437 g/mol. The SMILES string of the molecule is COc1ccc(Cl)cc1Nc1nc(N)nc(CN2CCN(c3cccc(Cl)c3)CC2)n1. The summed E-state index contributed by atoms with van der Waals surface area (Å²) in [5.41, 5.74) is 7.72. The fraction of sp³-hybridized carbons (Fsp3) is 0.286. The molecule has 4 rings (SSSR count). The summed E-state index contributed by atoms with van der Waals surface area (Å²) in [7, 11) is 1.59. The zero-order valence-corrected chi connectivity index (χ0v) is 18.6. The number of hydrogen-bond donors (Lipinski definition) is 2. The summed E-state index contributed by atoms with van der Waals surface area (Å²) >= 11 is 12.2. The van der Waals surface area contributed by atoms with Crippen molar-refractivity contribution in [1.29, 1.82) is 0 Å². The molecule has 2 heterocycles. The van der Waals surface area contributed by atoms with E-state index in [4.69, 9.17) is 33.7 Å². The second-order valence-electron chi connectivity index (χ2n) is 7.15. The van der Waals surface area contributed by atoms with E-state index in [2.05, 4.69) is 36.1 Å². The van der Waals surface area contributed by atoms with E-state index in [1.54, 1.807) is 25.3 Å². The molecule has 0 aliphatic carbocycles. The van der Waals surface area contributed by atoms with Crippen LogP contribution in [0.3, 0.4) is 0 Å². The molecule has 8 nitrogen and oxygen atoms in total. The molecule has 0 atom stereocenters. The average Bonchev–Trinajstić information content (AvgIpc) is 2.74. The van der Waals surface area contributed by atoms with Crippen molar-refractivity contribution < 1.29 is 4.74 Å². The average molecular weight is 460 g/mol. The van der Waals surface area contributed by atoms with E-state index in [0.717, 1.165) is 36.9 Å². The van der Waals surface area contributed by atoms with Crippen LogP contribution in [0.1, 0.15) is 5.82 Å². The van der Waals surface area contributed by atoms with Gasteiger partial charge in [-0.1, -0.05) is 29.3 Å². The minimum Gasteiger partial charge on any atom is -0.495 e. The molecule has 1 fully saturated rings. The fourth-order valence-electron chi connectivity index (χ4n) is 3.50. The molecule has 3 N–H and O–H groups in total. The Balaban J connectivity index is 1.42. The minimum absolute atomic E-state index is 0.158. The molecule has 1 aliphatic heterocycles. The van der Waals surface area contributed by atoms with Crippen LogP contribution in [-0.4, -0.2) is 53.1 Å². The first-order valence-electron chi connectivity index (χ1n) is 9.84. The van der Waals surface area contributed by atoms with Gasteiger partial charge in [-0.05, 0) is 36.4 Å². The standard InChI is InChI=1S/C21H23Cl2N7O/c1-31-18-6-5-15(23)12-17(18)25-21-27-19(26-20(24)28-21)13-29-7-9-30(10-8-29)16-4-2-3-14(22)11-16/h2-6,11-12H,7-10,13H2,1H3,(H3,24,25,26,27,28). The number of hydrogen-bond acceptors (Lipinski definition) is 8. The number of benzene rings is 2. The van der Waals surface area contributed by atoms with Gasteiger partial charge in [-0.2, -0.15) is 15.0 Å². The Kier molecular flexibility index (Phi) is 6.60. The summed E-state index contributed by atoms with van der Waals surface area (Å²) in [5.74, 6) is 1.74. The topological polar surface area (TPSA) is 92.4 Å². The van der Waals surface area contributed by atoms with Gasteiger partial charge in [-0.3, -0.25) is 4.90 Å². The van der Waals surface area contributed by atoms with E-state index in [1.165, 1.54) is 0 Å². The lowest BCUT2D eigenvalue weighted by Crippen LogP contribution is -2.46. The summed E-state index contributed by atoms with van der Waals surface area (Å²) in [6.45, 7) is 4.13. The number of anilines is 4. The Labute approximate surface area is 191 Å². The zero-order chi connectivity index (χ0) is 21.8. The molecule has 0 radical (unpaired) electrons. The Bertz CT molecular complexity index is 1060. The number of halogens is 2. The van der Waals surface area contributed by atoms with Crippen LogP contribution in [0.15, 0.2) is 42.5 Å². The predicted molar refractivity (Wildman–Crippen MR) is 124 cm³/mol. The molecule has 10 heteroatoms. The molecule has 0 bridgehead atoms. The third-order valence-corrected chi connectivity index (χ3v) is 5.49. The molecule has 0 unspecified atom stereocenters. The van der Waals surface area contributed by atoms with Crippen LogP contribution in [-0.2, 0) is 6.54 Å². The fourth-order valence-corrected chi connectivity index (χ4v) is 3.86. The van der Waals surface area contributed by atoms with Crippen molar-refractivity contribution >= 4 is 46.5 Å². The van der Waals surface area contributed by atoms with Gasteiger partial charge in [-0.15, -0.1) is 0 Å². The highest BCUT2D eigenvalue weighted by molar-refractivity contribution is 6.31. The first-order chi connectivity index (χ1) is 15.0. The number of ether oxygens (including phenoxy) is 1. The molecule has 1 saturated heterocycles. The van der Waals surface area contributed by atoms with E-state index in [0.29, 0.717) is 34.8 Å². The van der Waals surface area contributed by atoms with Crippen LogP contribution in [0.25, 0.3) is 0 Å². The van der Waals surface area contributed by atoms with E-state index < -0.39 is 0 Å². The maximum atomic E-state index is 6.12. The van der Waals surface area contributed by atoms with Crippen molar-refractivity contribution in [2.24, 2.45) is 0 Å². The molecule has 2 aromatic carbocycles. The van der Waals surface area contributed by atoms with Gasteiger partial charge in [0.15, 0.2) is 0 Å². The quantitative estimate of drug-likeness (QED) is 0.574. The lowest BCUT2D eigenvalue weighted by atomic mass is 10.2. The van der Waals surface area contributed by atoms with Gasteiger partial charge >= 0.3 is 0 Å². The summed E-state index contributed by atoms with van der Waals surface area (Å²) in [4.78, 5) is 17.6. The van der Waals surface area contributed by atoms with Crippen LogP contribution in [0.4, 0.5) is 23.3 Å². The Morgan fingerprint density at radius 2 is 1.77 bits per heavy atom. The number of aromatic nitrogens is 3. The van der Waals surface area contributed by atoms with Crippen LogP contribution >= 0.6 is 23.2 Å². The maximum Gasteiger partial charge on any atom is 0.232 e. The molecule has 3 aromatic rings. The van der Waals surface area contributed by atoms with Crippen LogP contribution < -0.4 is 20.7 Å². The number of nitrogen functional groups attached to an aromatic ring is 1. The van der Waals surface area contributed by atoms with E-state index in [9.17, 15) is 0 Å². The van der Waals surface area contributed by atoms with Crippen molar-refractivity contribution in [3.8, 4) is 5.75 Å². The number of methoxy groups -OCH3 is 1. The molecule has 1 aliphatic rings. The number of rotatable bonds is 6. The molecule has 0 amide bonds. The van der Waals surface area contributed by atoms with Gasteiger partial charge in [0.1, 0.15) is 11.6 Å². The third-order valence-electron chi connectivity index (χ3n) is 5.02. The van der Waals surface area contributed by atoms with Gasteiger partial charge in [0.05, 0.1) is 19.3 Å². The number of nitrogens with two attached hydrogens (primary N) is 1. The monoisotopic (exact) mass is 459 g/mol. The summed E-state index contributed by atoms with van der Waals surface area (Å²) in [6, 6.07) is 13.2. The Hall–Kier alpha value is -2.81. The lowest BCUT2D eigenvalue weighted by molar-refractivity contribution is 0.244. The van der Waals surface area contributed by atoms with Gasteiger partial charge in [0.25, 0.3) is 0 Å². The molecule has 0 saturated carbocycles. The van der Waals surface area contributed by atoms with E-state index in [-0.39, 0.29) is 5.95 Å². The number of nitrogens with zero attached hydrogens (tertiary/aromatic N) is 5. The van der Waals surface area contributed by atoms with Gasteiger partial charge in [0.2, 0.25) is 11.9 Å². The summed E-state index contributed by atoms with van der Waals surface area (Å²) in [5, 5.41) is 4.45. The highest BCUT2D eigenvalue weighted by atomic mass is 35.5. The molecule has 162 valence electrons. The highest BCUT2D eigenvalue weighted by Crippen LogP contribution is 2.29. The van der Waals surface area contributed by atoms with Crippen molar-refractivity contribution in [3.05, 3.63) is 58.3 Å². The van der Waals surface area contributed by atoms with Crippen molar-refractivity contribution in [3.63, 3.8) is 0 Å². The lowest BCUT2D eigenvalue weighted by Gasteiger charge is -2.35. The summed E-state index contributed by atoms with van der Waals surface area (Å²) in [6.07, 6.45) is 0. The van der Waals surface area contributed by atoms with Crippen molar-refractivity contribution in [2.45, 2.75) is 6.54 Å². The van der Waals surface area contributed by atoms with Crippen molar-refractivity contribution in [2.75, 3.05) is 49.2 Å². The molecule has 1 aromatic heterocycles. The molecule has 31 heavy (non-hydrogen) atoms. The second kappa shape index (κ2) is 9.55. The van der Waals surface area contributed by atoms with Gasteiger partial charge in [0, 0.05) is 41.9 Å². The second-order valence-corrected chi connectivity index (χ2v) is 8.02. The van der Waals surface area contributed by atoms with E-state index in [1.807, 2.05) is 18.2 Å². The Morgan fingerprint density at radius 1 is 1.00 bits per heavy atom. The number of piperazine rings is 1. The Morgan fingerprint density at radius 3 is 2.52 bits per heavy atom. The predicted octanol–water partition coefficient (Wildman–Crippen LogP) is 3.84. The first-order valence-corrected chi connectivity index (χ1v) is 10.6. The highest BCUT2D eigenvalue weighted by Gasteiger charge is 2.19. The minimum atomic E-state index is 0.158. The smallest absolute Gasteiger partial charge is 0.232 e. The third kappa shape index (κ3) is 5.46. The normalized spacial score (nSPS) is 14.5. The number of nitrogens with one attached hydrogen (secondary N) is 1. The van der Waals surface area contributed by atoms with Crippen LogP contribution in [0.2, 0.25) is 10.0 Å². The van der Waals surface area contributed by atoms with Crippen LogP contribution in [0, 0.1) is 0 Å². The largest absolute Gasteiger partial charge is 0.495 e. The first kappa shape index (κ1) is 21.4. The van der Waals surface area contributed by atoms with Crippen molar-refractivity contribution in [1.82, 2.24) is 19.9 Å². The zero-order valence-electron chi connectivity index (χ0n) is 17.1. The molecular formula is C21H23Cl2N7O. The van der Waals surface area contributed by atoms with E-state index >= 15 is 0 Å². The summed E-state index contributed by atoms with van der Waals surface area (Å²) < 4.78 is 5.36. The van der Waals surface area contributed by atoms with Gasteiger partial charge in [-0.25, -0.2) is 0 Å². The molecule has 0 spiro atoms. The maximum absolute atomic E-state index is 6.12. The van der Waals surface area contributed by atoms with Gasteiger partial charge < -0.3 is 20.7 Å². The van der Waals surface area contributed by atoms with Crippen LogP contribution in [0.5, 0.6) is 5.75 Å².